The summed E-state index contributed by atoms with van der Waals surface area (Å²) in [5.41, 5.74) is 1.32. The van der Waals surface area contributed by atoms with Crippen LogP contribution in [0.4, 0.5) is 0 Å². The molecule has 0 amide bonds. The predicted molar refractivity (Wildman–Crippen MR) is 69.0 cm³/mol. The third-order valence-corrected chi connectivity index (χ3v) is 3.54. The number of aromatic nitrogens is 3. The molecule has 2 rings (SSSR count). The van der Waals surface area contributed by atoms with Crippen LogP contribution >= 0.6 is 11.8 Å². The second-order valence-electron chi connectivity index (χ2n) is 3.71. The van der Waals surface area contributed by atoms with E-state index in [1.165, 1.54) is 11.9 Å². The van der Waals surface area contributed by atoms with Gasteiger partial charge in [-0.15, -0.1) is 0 Å². The van der Waals surface area contributed by atoms with Crippen molar-refractivity contribution in [1.29, 1.82) is 0 Å². The molecule has 0 aliphatic rings. The van der Waals surface area contributed by atoms with E-state index in [1.54, 1.807) is 11.8 Å². The highest BCUT2D eigenvalue weighted by Gasteiger charge is 2.06. The van der Waals surface area contributed by atoms with E-state index in [0.717, 1.165) is 16.5 Å². The van der Waals surface area contributed by atoms with Crippen molar-refractivity contribution < 1.29 is 0 Å². The Balaban J connectivity index is 2.07. The van der Waals surface area contributed by atoms with Crippen LogP contribution < -0.4 is 5.32 Å². The van der Waals surface area contributed by atoms with Crippen LogP contribution in [0.1, 0.15) is 24.9 Å². The van der Waals surface area contributed by atoms with Crippen molar-refractivity contribution in [1.82, 2.24) is 20.5 Å². The van der Waals surface area contributed by atoms with E-state index < -0.39 is 0 Å². The topological polar surface area (TPSA) is 53.6 Å². The Morgan fingerprint density at radius 1 is 1.35 bits per heavy atom. The maximum Gasteiger partial charge on any atom is 0.188 e. The van der Waals surface area contributed by atoms with E-state index in [2.05, 4.69) is 51.7 Å². The molecule has 1 atom stereocenters. The molecule has 2 N–H and O–H groups in total. The third-order valence-electron chi connectivity index (χ3n) is 2.65. The molecule has 0 spiro atoms. The summed E-state index contributed by atoms with van der Waals surface area (Å²) in [7, 11) is 1.99. The zero-order chi connectivity index (χ0) is 12.1. The Hall–Kier alpha value is -1.33. The molecule has 17 heavy (non-hydrogen) atoms. The molecule has 1 aromatic carbocycles. The van der Waals surface area contributed by atoms with Gasteiger partial charge in [-0.1, -0.05) is 30.8 Å². The van der Waals surface area contributed by atoms with Gasteiger partial charge in [-0.3, -0.25) is 5.10 Å². The van der Waals surface area contributed by atoms with Crippen molar-refractivity contribution in [2.75, 3.05) is 7.05 Å². The second kappa shape index (κ2) is 5.84. The van der Waals surface area contributed by atoms with Crippen molar-refractivity contribution in [3.05, 3.63) is 36.2 Å². The fourth-order valence-corrected chi connectivity index (χ4v) is 2.42. The summed E-state index contributed by atoms with van der Waals surface area (Å²) >= 11 is 1.58. The summed E-state index contributed by atoms with van der Waals surface area (Å²) in [5, 5.41) is 10.8. The summed E-state index contributed by atoms with van der Waals surface area (Å²) in [6, 6.07) is 8.97. The molecule has 1 unspecified atom stereocenters. The Morgan fingerprint density at radius 3 is 2.65 bits per heavy atom. The van der Waals surface area contributed by atoms with E-state index in [4.69, 9.17) is 0 Å². The van der Waals surface area contributed by atoms with Crippen molar-refractivity contribution in [2.24, 2.45) is 0 Å². The first kappa shape index (κ1) is 12.1. The van der Waals surface area contributed by atoms with Gasteiger partial charge in [0.15, 0.2) is 5.16 Å². The van der Waals surface area contributed by atoms with Crippen LogP contribution in [0.3, 0.4) is 0 Å². The Labute approximate surface area is 105 Å². The van der Waals surface area contributed by atoms with Crippen LogP contribution in [0.5, 0.6) is 0 Å². The highest BCUT2D eigenvalue weighted by molar-refractivity contribution is 7.99. The van der Waals surface area contributed by atoms with Gasteiger partial charge >= 0.3 is 0 Å². The Morgan fingerprint density at radius 2 is 2.12 bits per heavy atom. The fraction of sp³-hybridized carbons (Fsp3) is 0.333. The number of H-pyrrole nitrogens is 1. The van der Waals surface area contributed by atoms with Gasteiger partial charge in [0.2, 0.25) is 0 Å². The van der Waals surface area contributed by atoms with E-state index in [-0.39, 0.29) is 0 Å². The van der Waals surface area contributed by atoms with Crippen LogP contribution in [0.25, 0.3) is 0 Å². The first-order chi connectivity index (χ1) is 8.33. The Kier molecular flexibility index (Phi) is 4.17. The van der Waals surface area contributed by atoms with Crippen molar-refractivity contribution in [2.45, 2.75) is 29.4 Å². The molecule has 1 aromatic heterocycles. The van der Waals surface area contributed by atoms with Gasteiger partial charge < -0.3 is 5.32 Å². The lowest BCUT2D eigenvalue weighted by Gasteiger charge is -2.14. The number of nitrogens with zero attached hydrogens (tertiary/aromatic N) is 2. The van der Waals surface area contributed by atoms with Crippen molar-refractivity contribution >= 4 is 11.8 Å². The zero-order valence-electron chi connectivity index (χ0n) is 9.97. The molecule has 0 fully saturated rings. The van der Waals surface area contributed by atoms with E-state index in [0.29, 0.717) is 6.04 Å². The van der Waals surface area contributed by atoms with Gasteiger partial charge in [0.25, 0.3) is 0 Å². The lowest BCUT2D eigenvalue weighted by molar-refractivity contribution is 0.576. The summed E-state index contributed by atoms with van der Waals surface area (Å²) in [6.07, 6.45) is 2.61. The monoisotopic (exact) mass is 248 g/mol. The third kappa shape index (κ3) is 3.08. The van der Waals surface area contributed by atoms with E-state index in [1.807, 2.05) is 7.05 Å². The molecular formula is C12H16N4S. The van der Waals surface area contributed by atoms with Crippen LogP contribution in [0.2, 0.25) is 0 Å². The van der Waals surface area contributed by atoms with Crippen LogP contribution in [0, 0.1) is 0 Å². The van der Waals surface area contributed by atoms with Gasteiger partial charge in [0, 0.05) is 10.9 Å². The quantitative estimate of drug-likeness (QED) is 0.854. The number of hydrogen-bond donors (Lipinski definition) is 2. The summed E-state index contributed by atoms with van der Waals surface area (Å²) in [6.45, 7) is 2.18. The minimum atomic E-state index is 0.430. The molecule has 0 saturated heterocycles. The standard InChI is InChI=1S/C12H16N4S/c1-3-11(13-2)9-4-6-10(7-5-9)17-12-14-8-15-16-12/h4-8,11,13H,3H2,1-2H3,(H,14,15,16). The number of nitrogens with one attached hydrogen (secondary N) is 2. The number of rotatable bonds is 5. The number of aromatic amines is 1. The van der Waals surface area contributed by atoms with Gasteiger partial charge in [-0.2, -0.15) is 5.10 Å². The first-order valence-electron chi connectivity index (χ1n) is 5.64. The Bertz CT molecular complexity index is 434. The lowest BCUT2D eigenvalue weighted by atomic mass is 10.1. The second-order valence-corrected chi connectivity index (χ2v) is 4.77. The maximum absolute atomic E-state index is 4.09. The van der Waals surface area contributed by atoms with Gasteiger partial charge in [-0.25, -0.2) is 4.98 Å². The molecule has 0 aliphatic carbocycles. The van der Waals surface area contributed by atoms with E-state index in [9.17, 15) is 0 Å². The van der Waals surface area contributed by atoms with Crippen molar-refractivity contribution in [3.63, 3.8) is 0 Å². The van der Waals surface area contributed by atoms with Gasteiger partial charge in [0.1, 0.15) is 6.33 Å². The lowest BCUT2D eigenvalue weighted by Crippen LogP contribution is -2.14. The molecule has 0 aliphatic heterocycles. The summed E-state index contributed by atoms with van der Waals surface area (Å²) in [5.74, 6) is 0. The average Bonchev–Trinajstić information content (AvgIpc) is 2.86. The van der Waals surface area contributed by atoms with Gasteiger partial charge in [0.05, 0.1) is 0 Å². The summed E-state index contributed by atoms with van der Waals surface area (Å²) < 4.78 is 0. The normalized spacial score (nSPS) is 12.6. The molecule has 90 valence electrons. The molecule has 1 heterocycles. The molecule has 4 nitrogen and oxygen atoms in total. The van der Waals surface area contributed by atoms with Gasteiger partial charge in [-0.05, 0) is 31.2 Å². The van der Waals surface area contributed by atoms with Crippen molar-refractivity contribution in [3.8, 4) is 0 Å². The molecule has 0 bridgehead atoms. The molecular weight excluding hydrogens is 232 g/mol. The first-order valence-corrected chi connectivity index (χ1v) is 6.45. The molecule has 0 saturated carbocycles. The van der Waals surface area contributed by atoms with Crippen LogP contribution in [-0.4, -0.2) is 22.2 Å². The number of benzene rings is 1. The summed E-state index contributed by atoms with van der Waals surface area (Å²) in [4.78, 5) is 5.25. The zero-order valence-corrected chi connectivity index (χ0v) is 10.8. The highest BCUT2D eigenvalue weighted by Crippen LogP contribution is 2.26. The SMILES string of the molecule is CCC(NC)c1ccc(Sc2ncn[nH]2)cc1. The number of hydrogen-bond acceptors (Lipinski definition) is 4. The average molecular weight is 248 g/mol. The highest BCUT2D eigenvalue weighted by atomic mass is 32.2. The predicted octanol–water partition coefficient (Wildman–Crippen LogP) is 2.63. The minimum Gasteiger partial charge on any atom is -0.313 e. The van der Waals surface area contributed by atoms with Crippen LogP contribution in [-0.2, 0) is 0 Å². The minimum absolute atomic E-state index is 0.430. The maximum atomic E-state index is 4.09. The molecule has 0 radical (unpaired) electrons. The fourth-order valence-electron chi connectivity index (χ4n) is 1.73. The van der Waals surface area contributed by atoms with Crippen LogP contribution in [0.15, 0.2) is 40.6 Å². The molecule has 2 aromatic rings. The van der Waals surface area contributed by atoms with E-state index >= 15 is 0 Å². The smallest absolute Gasteiger partial charge is 0.188 e. The molecule has 5 heteroatoms. The largest absolute Gasteiger partial charge is 0.313 e.